The first-order valence-corrected chi connectivity index (χ1v) is 6.63. The third-order valence-corrected chi connectivity index (χ3v) is 3.36. The van der Waals surface area contributed by atoms with Crippen molar-refractivity contribution in [2.75, 3.05) is 11.9 Å². The van der Waals surface area contributed by atoms with Crippen molar-refractivity contribution in [2.45, 2.75) is 6.42 Å². The molecule has 2 aromatic carbocycles. The van der Waals surface area contributed by atoms with Crippen LogP contribution in [0.25, 0.3) is 0 Å². The van der Waals surface area contributed by atoms with Crippen LogP contribution < -0.4 is 5.32 Å². The second-order valence-electron chi connectivity index (χ2n) is 4.07. The van der Waals surface area contributed by atoms with Crippen LogP contribution in [-0.2, 0) is 6.42 Å². The van der Waals surface area contributed by atoms with E-state index in [2.05, 4.69) is 11.4 Å². The number of nitrogens with zero attached hydrogens (tertiary/aromatic N) is 1. The molecule has 0 atom stereocenters. The van der Waals surface area contributed by atoms with Crippen LogP contribution in [0.5, 0.6) is 0 Å². The van der Waals surface area contributed by atoms with Crippen molar-refractivity contribution in [3.8, 4) is 6.07 Å². The van der Waals surface area contributed by atoms with Crippen LogP contribution in [0.4, 0.5) is 5.69 Å². The van der Waals surface area contributed by atoms with Gasteiger partial charge in [0.05, 0.1) is 11.3 Å². The molecule has 2 aromatic rings. The van der Waals surface area contributed by atoms with E-state index in [0.717, 1.165) is 17.7 Å². The third kappa shape index (κ3) is 3.64. The van der Waals surface area contributed by atoms with Crippen LogP contribution >= 0.6 is 23.2 Å². The highest BCUT2D eigenvalue weighted by molar-refractivity contribution is 6.35. The summed E-state index contributed by atoms with van der Waals surface area (Å²) in [5.41, 5.74) is 2.52. The van der Waals surface area contributed by atoms with Gasteiger partial charge < -0.3 is 5.32 Å². The standard InChI is InChI=1S/C15H12Cl2N2/c16-13-6-5-11(14(17)9-13)7-8-19-15-4-2-1-3-12(15)10-18/h1-6,9,19H,7-8H2. The molecule has 0 aliphatic rings. The maximum atomic E-state index is 8.98. The van der Waals surface area contributed by atoms with Crippen LogP contribution in [-0.4, -0.2) is 6.54 Å². The van der Waals surface area contributed by atoms with Gasteiger partial charge in [0.25, 0.3) is 0 Å². The van der Waals surface area contributed by atoms with Crippen molar-refractivity contribution in [1.29, 1.82) is 5.26 Å². The molecule has 0 aromatic heterocycles. The minimum atomic E-state index is 0.636. The fourth-order valence-electron chi connectivity index (χ4n) is 1.79. The average Bonchev–Trinajstić information content (AvgIpc) is 2.42. The van der Waals surface area contributed by atoms with E-state index in [4.69, 9.17) is 28.5 Å². The molecule has 96 valence electrons. The molecule has 0 heterocycles. The first-order valence-electron chi connectivity index (χ1n) is 5.87. The summed E-state index contributed by atoms with van der Waals surface area (Å²) in [6.45, 7) is 0.708. The molecule has 19 heavy (non-hydrogen) atoms. The molecule has 0 aliphatic carbocycles. The molecule has 0 bridgehead atoms. The Kier molecular flexibility index (Phi) is 4.68. The molecule has 1 N–H and O–H groups in total. The summed E-state index contributed by atoms with van der Waals surface area (Å²) in [4.78, 5) is 0. The van der Waals surface area contributed by atoms with Crippen LogP contribution in [0, 0.1) is 11.3 Å². The number of halogens is 2. The summed E-state index contributed by atoms with van der Waals surface area (Å²) in [5, 5.41) is 13.5. The number of anilines is 1. The Bertz CT molecular complexity index is 618. The van der Waals surface area contributed by atoms with Crippen LogP contribution in [0.15, 0.2) is 42.5 Å². The third-order valence-electron chi connectivity index (χ3n) is 2.77. The molecule has 0 spiro atoms. The monoisotopic (exact) mass is 290 g/mol. The summed E-state index contributed by atoms with van der Waals surface area (Å²) in [7, 11) is 0. The van der Waals surface area contributed by atoms with Crippen molar-refractivity contribution < 1.29 is 0 Å². The molecular formula is C15H12Cl2N2. The highest BCUT2D eigenvalue weighted by Crippen LogP contribution is 2.21. The lowest BCUT2D eigenvalue weighted by atomic mass is 10.1. The summed E-state index contributed by atoms with van der Waals surface area (Å²) in [5.74, 6) is 0. The normalized spacial score (nSPS) is 9.95. The molecule has 2 rings (SSSR count). The van der Waals surface area contributed by atoms with E-state index in [-0.39, 0.29) is 0 Å². The summed E-state index contributed by atoms with van der Waals surface area (Å²) in [6.07, 6.45) is 0.774. The Hall–Kier alpha value is -1.69. The zero-order valence-corrected chi connectivity index (χ0v) is 11.7. The molecule has 0 radical (unpaired) electrons. The van der Waals surface area contributed by atoms with Crippen molar-refractivity contribution in [3.63, 3.8) is 0 Å². The van der Waals surface area contributed by atoms with Crippen molar-refractivity contribution >= 4 is 28.9 Å². The van der Waals surface area contributed by atoms with Gasteiger partial charge in [0.2, 0.25) is 0 Å². The van der Waals surface area contributed by atoms with Gasteiger partial charge in [0.1, 0.15) is 6.07 Å². The van der Waals surface area contributed by atoms with Gasteiger partial charge in [-0.3, -0.25) is 0 Å². The number of hydrogen-bond donors (Lipinski definition) is 1. The Morgan fingerprint density at radius 3 is 2.63 bits per heavy atom. The lowest BCUT2D eigenvalue weighted by Crippen LogP contribution is -2.06. The van der Waals surface area contributed by atoms with Crippen molar-refractivity contribution in [2.24, 2.45) is 0 Å². The van der Waals surface area contributed by atoms with Gasteiger partial charge in [-0.05, 0) is 36.2 Å². The number of nitriles is 1. The topological polar surface area (TPSA) is 35.8 Å². The van der Waals surface area contributed by atoms with Gasteiger partial charge in [-0.15, -0.1) is 0 Å². The van der Waals surface area contributed by atoms with E-state index in [1.165, 1.54) is 0 Å². The SMILES string of the molecule is N#Cc1ccccc1NCCc1ccc(Cl)cc1Cl. The van der Waals surface area contributed by atoms with Crippen LogP contribution in [0.2, 0.25) is 10.0 Å². The first kappa shape index (κ1) is 13.7. The van der Waals surface area contributed by atoms with Crippen molar-refractivity contribution in [1.82, 2.24) is 0 Å². The number of nitrogens with one attached hydrogen (secondary N) is 1. The molecule has 0 saturated heterocycles. The second kappa shape index (κ2) is 6.47. The molecular weight excluding hydrogens is 279 g/mol. The zero-order chi connectivity index (χ0) is 13.7. The lowest BCUT2D eigenvalue weighted by Gasteiger charge is -2.09. The van der Waals surface area contributed by atoms with E-state index in [9.17, 15) is 0 Å². The minimum Gasteiger partial charge on any atom is -0.384 e. The predicted molar refractivity (Wildman–Crippen MR) is 79.8 cm³/mol. The quantitative estimate of drug-likeness (QED) is 0.899. The predicted octanol–water partition coefficient (Wildman–Crippen LogP) is 4.52. The largest absolute Gasteiger partial charge is 0.384 e. The lowest BCUT2D eigenvalue weighted by molar-refractivity contribution is 1.02. The number of para-hydroxylation sites is 1. The van der Waals surface area contributed by atoms with E-state index in [1.54, 1.807) is 12.1 Å². The molecule has 0 aliphatic heterocycles. The fraction of sp³-hybridized carbons (Fsp3) is 0.133. The summed E-state index contributed by atoms with van der Waals surface area (Å²) in [6, 6.07) is 15.1. The number of rotatable bonds is 4. The van der Waals surface area contributed by atoms with E-state index < -0.39 is 0 Å². The summed E-state index contributed by atoms with van der Waals surface area (Å²) >= 11 is 12.0. The molecule has 0 fully saturated rings. The smallest absolute Gasteiger partial charge is 0.101 e. The first-order chi connectivity index (χ1) is 9.20. The maximum Gasteiger partial charge on any atom is 0.101 e. The number of benzene rings is 2. The van der Waals surface area contributed by atoms with Gasteiger partial charge in [0, 0.05) is 16.6 Å². The van der Waals surface area contributed by atoms with Crippen LogP contribution in [0.3, 0.4) is 0 Å². The second-order valence-corrected chi connectivity index (χ2v) is 4.91. The summed E-state index contributed by atoms with van der Waals surface area (Å²) < 4.78 is 0. The highest BCUT2D eigenvalue weighted by Gasteiger charge is 2.03. The van der Waals surface area contributed by atoms with Gasteiger partial charge in [-0.2, -0.15) is 5.26 Å². The Balaban J connectivity index is 1.99. The highest BCUT2D eigenvalue weighted by atomic mass is 35.5. The Morgan fingerprint density at radius 1 is 1.11 bits per heavy atom. The fourth-order valence-corrected chi connectivity index (χ4v) is 2.29. The van der Waals surface area contributed by atoms with Gasteiger partial charge >= 0.3 is 0 Å². The molecule has 2 nitrogen and oxygen atoms in total. The Labute approximate surface area is 122 Å². The van der Waals surface area contributed by atoms with Gasteiger partial charge in [-0.1, -0.05) is 41.4 Å². The molecule has 0 saturated carbocycles. The number of hydrogen-bond acceptors (Lipinski definition) is 2. The van der Waals surface area contributed by atoms with Crippen LogP contribution in [0.1, 0.15) is 11.1 Å². The average molecular weight is 291 g/mol. The maximum absolute atomic E-state index is 8.98. The van der Waals surface area contributed by atoms with Gasteiger partial charge in [0.15, 0.2) is 0 Å². The Morgan fingerprint density at radius 2 is 1.89 bits per heavy atom. The zero-order valence-electron chi connectivity index (χ0n) is 10.2. The van der Waals surface area contributed by atoms with E-state index in [0.29, 0.717) is 22.2 Å². The van der Waals surface area contributed by atoms with E-state index >= 15 is 0 Å². The minimum absolute atomic E-state index is 0.636. The van der Waals surface area contributed by atoms with Crippen molar-refractivity contribution in [3.05, 3.63) is 63.6 Å². The van der Waals surface area contributed by atoms with Gasteiger partial charge in [-0.25, -0.2) is 0 Å². The van der Waals surface area contributed by atoms with E-state index in [1.807, 2.05) is 30.3 Å². The molecule has 0 unspecified atom stereocenters. The molecule has 0 amide bonds. The molecule has 4 heteroatoms.